The number of benzene rings is 1. The van der Waals surface area contributed by atoms with Gasteiger partial charge in [-0.2, -0.15) is 0 Å². The Kier molecular flexibility index (Phi) is 5.17. The predicted molar refractivity (Wildman–Crippen MR) is 75.8 cm³/mol. The number of nitrogens with two attached hydrogens (primary N) is 1. The van der Waals surface area contributed by atoms with Crippen LogP contribution >= 0.6 is 12.4 Å². The van der Waals surface area contributed by atoms with Crippen molar-refractivity contribution in [2.75, 3.05) is 6.54 Å². The summed E-state index contributed by atoms with van der Waals surface area (Å²) in [5, 5.41) is 0. The quantitative estimate of drug-likeness (QED) is 0.895. The van der Waals surface area contributed by atoms with Crippen molar-refractivity contribution >= 4 is 18.3 Å². The first kappa shape index (κ1) is 15.0. The topological polar surface area (TPSA) is 46.3 Å². The highest BCUT2D eigenvalue weighted by atomic mass is 35.5. The molecule has 1 saturated heterocycles. The molecule has 4 heteroatoms. The lowest BCUT2D eigenvalue weighted by molar-refractivity contribution is -0.133. The maximum atomic E-state index is 12.0. The van der Waals surface area contributed by atoms with Crippen LogP contribution in [0.3, 0.4) is 0 Å². The summed E-state index contributed by atoms with van der Waals surface area (Å²) >= 11 is 0. The van der Waals surface area contributed by atoms with Crippen molar-refractivity contribution in [3.05, 3.63) is 35.4 Å². The van der Waals surface area contributed by atoms with E-state index in [2.05, 4.69) is 31.2 Å². The second-order valence-electron chi connectivity index (χ2n) is 4.89. The Bertz CT molecular complexity index is 420. The van der Waals surface area contributed by atoms with E-state index in [1.165, 1.54) is 11.1 Å². The maximum absolute atomic E-state index is 12.0. The molecule has 0 aliphatic carbocycles. The zero-order valence-electron chi connectivity index (χ0n) is 10.9. The van der Waals surface area contributed by atoms with Crippen molar-refractivity contribution in [3.8, 4) is 0 Å². The van der Waals surface area contributed by atoms with Gasteiger partial charge in [0.15, 0.2) is 0 Å². The van der Waals surface area contributed by atoms with E-state index in [0.29, 0.717) is 0 Å². The zero-order valence-corrected chi connectivity index (χ0v) is 11.7. The number of carbonyl (C=O) groups is 1. The van der Waals surface area contributed by atoms with Gasteiger partial charge in [-0.15, -0.1) is 12.4 Å². The first-order chi connectivity index (χ1) is 8.09. The Morgan fingerprint density at radius 1 is 1.50 bits per heavy atom. The van der Waals surface area contributed by atoms with Crippen LogP contribution in [0.4, 0.5) is 0 Å². The molecule has 3 nitrogen and oxygen atoms in total. The number of aryl methyl sites for hydroxylation is 1. The molecule has 100 valence electrons. The average molecular weight is 269 g/mol. The molecule has 1 aliphatic rings. The minimum absolute atomic E-state index is 0. The molecule has 1 heterocycles. The molecular formula is C14H21ClN2O. The van der Waals surface area contributed by atoms with Gasteiger partial charge >= 0.3 is 0 Å². The molecular weight excluding hydrogens is 248 g/mol. The van der Waals surface area contributed by atoms with Crippen LogP contribution in [0.5, 0.6) is 0 Å². The highest BCUT2D eigenvalue weighted by Gasteiger charge is 2.31. The molecule has 1 aromatic carbocycles. The summed E-state index contributed by atoms with van der Waals surface area (Å²) < 4.78 is 0. The molecule has 0 radical (unpaired) electrons. The third kappa shape index (κ3) is 3.03. The fraction of sp³-hybridized carbons (Fsp3) is 0.500. The van der Waals surface area contributed by atoms with Gasteiger partial charge in [-0.3, -0.25) is 4.79 Å². The largest absolute Gasteiger partial charge is 0.334 e. The smallest absolute Gasteiger partial charge is 0.239 e. The third-order valence-corrected chi connectivity index (χ3v) is 3.35. The summed E-state index contributed by atoms with van der Waals surface area (Å²) in [5.41, 5.74) is 8.17. The molecule has 18 heavy (non-hydrogen) atoms. The van der Waals surface area contributed by atoms with Gasteiger partial charge in [0, 0.05) is 6.54 Å². The van der Waals surface area contributed by atoms with Crippen LogP contribution in [0, 0.1) is 6.92 Å². The number of likely N-dealkylation sites (tertiary alicyclic amines) is 1. The van der Waals surface area contributed by atoms with E-state index < -0.39 is 6.04 Å². The fourth-order valence-electron chi connectivity index (χ4n) is 2.52. The highest BCUT2D eigenvalue weighted by Crippen LogP contribution is 2.32. The van der Waals surface area contributed by atoms with Gasteiger partial charge in [-0.05, 0) is 32.3 Å². The molecule has 0 saturated carbocycles. The molecule has 2 atom stereocenters. The summed E-state index contributed by atoms with van der Waals surface area (Å²) in [6.07, 6.45) is 2.11. The Hall–Kier alpha value is -1.06. The summed E-state index contributed by atoms with van der Waals surface area (Å²) in [6, 6.07) is 8.21. The van der Waals surface area contributed by atoms with E-state index in [1.807, 2.05) is 4.90 Å². The predicted octanol–water partition coefficient (Wildman–Crippen LogP) is 2.43. The van der Waals surface area contributed by atoms with Crippen LogP contribution in [-0.2, 0) is 4.79 Å². The van der Waals surface area contributed by atoms with E-state index in [-0.39, 0.29) is 24.4 Å². The number of halogens is 1. The van der Waals surface area contributed by atoms with Crippen LogP contribution in [0.25, 0.3) is 0 Å². The van der Waals surface area contributed by atoms with Gasteiger partial charge in [-0.1, -0.05) is 29.8 Å². The first-order valence-corrected chi connectivity index (χ1v) is 6.22. The highest BCUT2D eigenvalue weighted by molar-refractivity contribution is 5.85. The number of amides is 1. The minimum Gasteiger partial charge on any atom is -0.334 e. The Morgan fingerprint density at radius 2 is 2.22 bits per heavy atom. The van der Waals surface area contributed by atoms with E-state index in [9.17, 15) is 4.79 Å². The van der Waals surface area contributed by atoms with Crippen molar-refractivity contribution in [3.63, 3.8) is 0 Å². The van der Waals surface area contributed by atoms with E-state index in [4.69, 9.17) is 5.73 Å². The van der Waals surface area contributed by atoms with Crippen molar-refractivity contribution in [2.24, 2.45) is 5.73 Å². The molecule has 1 aromatic rings. The van der Waals surface area contributed by atoms with Crippen LogP contribution in [0.2, 0.25) is 0 Å². The Morgan fingerprint density at radius 3 is 2.83 bits per heavy atom. The first-order valence-electron chi connectivity index (χ1n) is 6.22. The number of hydrogen-bond donors (Lipinski definition) is 1. The number of hydrogen-bond acceptors (Lipinski definition) is 2. The number of carbonyl (C=O) groups excluding carboxylic acids is 1. The average Bonchev–Trinajstić information content (AvgIpc) is 2.76. The molecule has 2 rings (SSSR count). The van der Waals surface area contributed by atoms with Crippen LogP contribution in [0.1, 0.15) is 36.9 Å². The molecule has 1 amide bonds. The summed E-state index contributed by atoms with van der Waals surface area (Å²) in [7, 11) is 0. The molecule has 0 bridgehead atoms. The monoisotopic (exact) mass is 268 g/mol. The molecule has 0 aromatic heterocycles. The second-order valence-corrected chi connectivity index (χ2v) is 4.89. The van der Waals surface area contributed by atoms with Crippen molar-refractivity contribution in [1.82, 2.24) is 4.90 Å². The summed E-state index contributed by atoms with van der Waals surface area (Å²) in [6.45, 7) is 4.67. The van der Waals surface area contributed by atoms with Gasteiger partial charge in [0.2, 0.25) is 5.91 Å². The molecule has 1 fully saturated rings. The maximum Gasteiger partial charge on any atom is 0.239 e. The van der Waals surface area contributed by atoms with Crippen molar-refractivity contribution in [2.45, 2.75) is 38.8 Å². The Labute approximate surface area is 115 Å². The standard InChI is InChI=1S/C14H20N2O.ClH/c1-10-5-3-6-12(9-10)13-7-4-8-16(13)14(17)11(2)15;/h3,5-6,9,11,13H,4,7-8,15H2,1-2H3;1H/t11-,13?;/m0./s1. The van der Waals surface area contributed by atoms with E-state index in [1.54, 1.807) is 6.92 Å². The molecule has 2 N–H and O–H groups in total. The van der Waals surface area contributed by atoms with Gasteiger partial charge in [-0.25, -0.2) is 0 Å². The minimum atomic E-state index is -0.402. The second kappa shape index (κ2) is 6.21. The van der Waals surface area contributed by atoms with Gasteiger partial charge in [0.25, 0.3) is 0 Å². The normalized spacial score (nSPS) is 20.4. The van der Waals surface area contributed by atoms with Gasteiger partial charge < -0.3 is 10.6 Å². The van der Waals surface area contributed by atoms with Crippen molar-refractivity contribution in [1.29, 1.82) is 0 Å². The fourth-order valence-corrected chi connectivity index (χ4v) is 2.52. The third-order valence-electron chi connectivity index (χ3n) is 3.35. The molecule has 0 spiro atoms. The number of nitrogens with zero attached hydrogens (tertiary/aromatic N) is 1. The van der Waals surface area contributed by atoms with Crippen LogP contribution in [-0.4, -0.2) is 23.4 Å². The lowest BCUT2D eigenvalue weighted by Crippen LogP contribution is -2.41. The molecule has 1 unspecified atom stereocenters. The SMILES string of the molecule is Cc1cccc(C2CCCN2C(=O)[C@H](C)N)c1.Cl. The number of rotatable bonds is 2. The van der Waals surface area contributed by atoms with Crippen molar-refractivity contribution < 1.29 is 4.79 Å². The lowest BCUT2D eigenvalue weighted by Gasteiger charge is -2.26. The van der Waals surface area contributed by atoms with Gasteiger partial charge in [0.1, 0.15) is 0 Å². The summed E-state index contributed by atoms with van der Waals surface area (Å²) in [5.74, 6) is 0.0639. The summed E-state index contributed by atoms with van der Waals surface area (Å²) in [4.78, 5) is 13.9. The van der Waals surface area contributed by atoms with E-state index >= 15 is 0 Å². The molecule has 1 aliphatic heterocycles. The lowest BCUT2D eigenvalue weighted by atomic mass is 10.0. The van der Waals surface area contributed by atoms with Crippen LogP contribution in [0.15, 0.2) is 24.3 Å². The van der Waals surface area contributed by atoms with E-state index in [0.717, 1.165) is 19.4 Å². The zero-order chi connectivity index (χ0) is 12.4. The van der Waals surface area contributed by atoms with Crippen LogP contribution < -0.4 is 5.73 Å². The van der Waals surface area contributed by atoms with Gasteiger partial charge in [0.05, 0.1) is 12.1 Å². The Balaban J connectivity index is 0.00000162.